The molecule has 1 rings (SSSR count). The first-order chi connectivity index (χ1) is 8.84. The van der Waals surface area contributed by atoms with Crippen LogP contribution in [0.15, 0.2) is 0 Å². The summed E-state index contributed by atoms with van der Waals surface area (Å²) < 4.78 is 5.45. The van der Waals surface area contributed by atoms with E-state index in [0.29, 0.717) is 0 Å². The van der Waals surface area contributed by atoms with Crippen LogP contribution in [0.3, 0.4) is 0 Å². The molecule has 1 aliphatic heterocycles. The van der Waals surface area contributed by atoms with Crippen LogP contribution in [0.4, 0.5) is 0 Å². The van der Waals surface area contributed by atoms with E-state index in [1.807, 2.05) is 0 Å². The number of unbranched alkanes of at least 4 members (excludes halogenated alkanes) is 6. The molecule has 0 aromatic heterocycles. The van der Waals surface area contributed by atoms with E-state index in [1.165, 1.54) is 38.5 Å². The number of rotatable bonds is 9. The Balaban J connectivity index is 1.89. The van der Waals surface area contributed by atoms with Crippen molar-refractivity contribution in [3.8, 4) is 0 Å². The van der Waals surface area contributed by atoms with Gasteiger partial charge in [-0.3, -0.25) is 4.79 Å². The Morgan fingerprint density at radius 3 is 2.50 bits per heavy atom. The zero-order chi connectivity index (χ0) is 13.1. The van der Waals surface area contributed by atoms with Crippen molar-refractivity contribution >= 4 is 5.91 Å². The number of amides is 1. The van der Waals surface area contributed by atoms with E-state index in [-0.39, 0.29) is 12.0 Å². The van der Waals surface area contributed by atoms with Gasteiger partial charge in [0.05, 0.1) is 0 Å². The number of carbonyl (C=O) groups excluding carboxylic acids is 1. The molecule has 0 saturated carbocycles. The first-order valence-corrected chi connectivity index (χ1v) is 7.74. The van der Waals surface area contributed by atoms with E-state index < -0.39 is 0 Å². The molecule has 0 aromatic carbocycles. The molecule has 0 radical (unpaired) electrons. The molecule has 1 aliphatic rings. The zero-order valence-corrected chi connectivity index (χ0v) is 11.9. The summed E-state index contributed by atoms with van der Waals surface area (Å²) >= 11 is 0. The van der Waals surface area contributed by atoms with Gasteiger partial charge in [-0.1, -0.05) is 45.4 Å². The van der Waals surface area contributed by atoms with Gasteiger partial charge in [-0.2, -0.15) is 0 Å². The van der Waals surface area contributed by atoms with E-state index in [4.69, 9.17) is 4.74 Å². The lowest BCUT2D eigenvalue weighted by Gasteiger charge is -2.21. The number of nitrogens with one attached hydrogen (secondary N) is 1. The van der Waals surface area contributed by atoms with E-state index in [2.05, 4.69) is 12.2 Å². The largest absolute Gasteiger partial charge is 0.368 e. The molecule has 1 amide bonds. The third-order valence-electron chi connectivity index (χ3n) is 3.55. The molecule has 3 nitrogen and oxygen atoms in total. The van der Waals surface area contributed by atoms with Gasteiger partial charge in [0.15, 0.2) is 0 Å². The van der Waals surface area contributed by atoms with Gasteiger partial charge in [0.25, 0.3) is 0 Å². The highest BCUT2D eigenvalue weighted by Gasteiger charge is 2.20. The quantitative estimate of drug-likeness (QED) is 0.641. The van der Waals surface area contributed by atoms with Crippen LogP contribution in [0.25, 0.3) is 0 Å². The monoisotopic (exact) mass is 255 g/mol. The number of hydrogen-bond acceptors (Lipinski definition) is 2. The van der Waals surface area contributed by atoms with Gasteiger partial charge in [-0.05, 0) is 25.7 Å². The fourth-order valence-electron chi connectivity index (χ4n) is 2.36. The molecule has 3 heteroatoms. The molecule has 1 unspecified atom stereocenters. The minimum atomic E-state index is -0.177. The Labute approximate surface area is 112 Å². The van der Waals surface area contributed by atoms with Crippen LogP contribution in [-0.2, 0) is 9.53 Å². The van der Waals surface area contributed by atoms with E-state index in [9.17, 15) is 4.79 Å². The molecule has 0 aromatic rings. The summed E-state index contributed by atoms with van der Waals surface area (Å²) in [5.41, 5.74) is 0. The summed E-state index contributed by atoms with van der Waals surface area (Å²) in [5, 5.41) is 2.99. The zero-order valence-electron chi connectivity index (χ0n) is 11.9. The van der Waals surface area contributed by atoms with Crippen LogP contribution in [0, 0.1) is 0 Å². The van der Waals surface area contributed by atoms with Crippen molar-refractivity contribution in [2.24, 2.45) is 0 Å². The molecule has 0 spiro atoms. The van der Waals surface area contributed by atoms with Crippen LogP contribution in [0.5, 0.6) is 0 Å². The summed E-state index contributed by atoms with van der Waals surface area (Å²) in [6, 6.07) is 0. The molecule has 1 atom stereocenters. The molecule has 1 heterocycles. The lowest BCUT2D eigenvalue weighted by molar-refractivity contribution is -0.135. The van der Waals surface area contributed by atoms with Crippen LogP contribution < -0.4 is 5.32 Å². The van der Waals surface area contributed by atoms with Gasteiger partial charge in [-0.15, -0.1) is 0 Å². The summed E-state index contributed by atoms with van der Waals surface area (Å²) in [7, 11) is 0. The predicted molar refractivity (Wildman–Crippen MR) is 74.6 cm³/mol. The van der Waals surface area contributed by atoms with Gasteiger partial charge in [0.2, 0.25) is 5.91 Å². The third-order valence-corrected chi connectivity index (χ3v) is 3.55. The second-order valence-electron chi connectivity index (χ2n) is 5.27. The number of carbonyl (C=O) groups is 1. The van der Waals surface area contributed by atoms with Crippen LogP contribution in [0.2, 0.25) is 0 Å². The average molecular weight is 255 g/mol. The molecule has 1 fully saturated rings. The molecule has 0 aliphatic carbocycles. The summed E-state index contributed by atoms with van der Waals surface area (Å²) in [6.07, 6.45) is 11.9. The van der Waals surface area contributed by atoms with Crippen molar-refractivity contribution in [3.63, 3.8) is 0 Å². The summed E-state index contributed by atoms with van der Waals surface area (Å²) in [5.74, 6) is 0.0979. The van der Waals surface area contributed by atoms with E-state index in [1.54, 1.807) is 0 Å². The van der Waals surface area contributed by atoms with Crippen LogP contribution >= 0.6 is 0 Å². The van der Waals surface area contributed by atoms with E-state index in [0.717, 1.165) is 38.8 Å². The normalized spacial score (nSPS) is 19.7. The lowest BCUT2D eigenvalue weighted by Crippen LogP contribution is -2.38. The molecular formula is C15H29NO2. The van der Waals surface area contributed by atoms with Crippen molar-refractivity contribution in [2.45, 2.75) is 77.2 Å². The highest BCUT2D eigenvalue weighted by molar-refractivity contribution is 5.80. The smallest absolute Gasteiger partial charge is 0.249 e. The van der Waals surface area contributed by atoms with Crippen molar-refractivity contribution in [1.82, 2.24) is 5.32 Å². The Hall–Kier alpha value is -0.570. The minimum Gasteiger partial charge on any atom is -0.368 e. The Bertz CT molecular complexity index is 213. The lowest BCUT2D eigenvalue weighted by atomic mass is 10.1. The van der Waals surface area contributed by atoms with Crippen molar-refractivity contribution in [2.75, 3.05) is 13.2 Å². The first-order valence-electron chi connectivity index (χ1n) is 7.74. The SMILES string of the molecule is CCCCCCCCCNC(=O)C1CCCCO1. The van der Waals surface area contributed by atoms with Gasteiger partial charge >= 0.3 is 0 Å². The molecule has 0 bridgehead atoms. The fraction of sp³-hybridized carbons (Fsp3) is 0.933. The molecule has 1 N–H and O–H groups in total. The maximum atomic E-state index is 11.7. The highest BCUT2D eigenvalue weighted by Crippen LogP contribution is 2.12. The highest BCUT2D eigenvalue weighted by atomic mass is 16.5. The second kappa shape index (κ2) is 10.4. The maximum absolute atomic E-state index is 11.7. The van der Waals surface area contributed by atoms with Crippen molar-refractivity contribution < 1.29 is 9.53 Å². The van der Waals surface area contributed by atoms with E-state index >= 15 is 0 Å². The Morgan fingerprint density at radius 2 is 1.83 bits per heavy atom. The fourth-order valence-corrected chi connectivity index (χ4v) is 2.36. The molecule has 18 heavy (non-hydrogen) atoms. The predicted octanol–water partition coefficient (Wildman–Crippen LogP) is 3.42. The van der Waals surface area contributed by atoms with Gasteiger partial charge in [-0.25, -0.2) is 0 Å². The minimum absolute atomic E-state index is 0.0979. The van der Waals surface area contributed by atoms with Crippen LogP contribution in [0.1, 0.15) is 71.1 Å². The molecular weight excluding hydrogens is 226 g/mol. The first kappa shape index (κ1) is 15.5. The van der Waals surface area contributed by atoms with Gasteiger partial charge in [0.1, 0.15) is 6.10 Å². The van der Waals surface area contributed by atoms with Crippen molar-refractivity contribution in [1.29, 1.82) is 0 Å². The van der Waals surface area contributed by atoms with Crippen molar-refractivity contribution in [3.05, 3.63) is 0 Å². The van der Waals surface area contributed by atoms with Gasteiger partial charge in [0, 0.05) is 13.2 Å². The number of hydrogen-bond donors (Lipinski definition) is 1. The average Bonchev–Trinajstić information content (AvgIpc) is 2.42. The molecule has 1 saturated heterocycles. The maximum Gasteiger partial charge on any atom is 0.249 e. The number of ether oxygens (including phenoxy) is 1. The summed E-state index contributed by atoms with van der Waals surface area (Å²) in [4.78, 5) is 11.7. The topological polar surface area (TPSA) is 38.3 Å². The standard InChI is InChI=1S/C15H29NO2/c1-2-3-4-5-6-7-9-12-16-15(17)14-11-8-10-13-18-14/h14H,2-13H2,1H3,(H,16,17). The van der Waals surface area contributed by atoms with Crippen LogP contribution in [-0.4, -0.2) is 25.2 Å². The van der Waals surface area contributed by atoms with Gasteiger partial charge < -0.3 is 10.1 Å². The third kappa shape index (κ3) is 7.00. The second-order valence-corrected chi connectivity index (χ2v) is 5.27. The Kier molecular flexibility index (Phi) is 8.92. The molecule has 106 valence electrons. The Morgan fingerprint density at radius 1 is 1.11 bits per heavy atom. The summed E-state index contributed by atoms with van der Waals surface area (Å²) in [6.45, 7) is 3.80.